The van der Waals surface area contributed by atoms with Gasteiger partial charge in [0, 0.05) is 86.8 Å². The molecular formula is C43H55N3O14S3-2. The summed E-state index contributed by atoms with van der Waals surface area (Å²) in [5.74, 6) is -1.81. The van der Waals surface area contributed by atoms with Crippen molar-refractivity contribution < 1.29 is 67.7 Å². The van der Waals surface area contributed by atoms with Crippen molar-refractivity contribution in [2.45, 2.75) is 85.8 Å². The summed E-state index contributed by atoms with van der Waals surface area (Å²) < 4.78 is 120. The number of aliphatic carboxylic acids is 1. The standard InChI is InChI=1S/C43H57N3O14S3/c1-42(22-13-29-61(50,51)52)34-30-32(62(53,54)55)17-19-36(34)45(25-12-8-11-16-41(48)49)38(42)14-9-6-5-7-10-15-39-43(2,23-21-40(47)44-24-27-59-3)35-31-33(63(56,57)58)18-20-37(35)46(39)26-28-60-4/h5-7,9-10,14-15,17-20,30-31H,8,11-13,16,21-29H2,1-4H3,(H4-,44,47,48,49,50,51,52,53,54,55,56,57,58)/p-2. The lowest BCUT2D eigenvalue weighted by Crippen LogP contribution is -2.33. The molecule has 2 aromatic rings. The fraction of sp³-hybridized carbons (Fsp3) is 0.465. The van der Waals surface area contributed by atoms with Gasteiger partial charge in [-0.25, -0.2) is 25.3 Å². The molecule has 0 saturated carbocycles. The van der Waals surface area contributed by atoms with Gasteiger partial charge in [0.25, 0.3) is 0 Å². The molecule has 17 nitrogen and oxygen atoms in total. The first-order valence-electron chi connectivity index (χ1n) is 20.3. The van der Waals surface area contributed by atoms with E-state index in [0.29, 0.717) is 80.3 Å². The molecule has 4 rings (SSSR count). The van der Waals surface area contributed by atoms with Gasteiger partial charge in [-0.1, -0.05) is 30.4 Å². The fourth-order valence-corrected chi connectivity index (χ4v) is 9.61. The van der Waals surface area contributed by atoms with Crippen molar-refractivity contribution in [1.82, 2.24) is 5.32 Å². The average molecular weight is 934 g/mol. The number of amides is 1. The van der Waals surface area contributed by atoms with Crippen molar-refractivity contribution in [1.29, 1.82) is 0 Å². The van der Waals surface area contributed by atoms with Crippen LogP contribution in [0.3, 0.4) is 0 Å². The van der Waals surface area contributed by atoms with E-state index in [-0.39, 0.29) is 38.0 Å². The predicted molar refractivity (Wildman–Crippen MR) is 232 cm³/mol. The Kier molecular flexibility index (Phi) is 17.8. The van der Waals surface area contributed by atoms with Crippen LogP contribution in [-0.2, 0) is 60.2 Å². The zero-order valence-corrected chi connectivity index (χ0v) is 38.2. The molecule has 0 spiro atoms. The Labute approximate surface area is 370 Å². The molecule has 0 radical (unpaired) electrons. The molecule has 2 heterocycles. The van der Waals surface area contributed by atoms with E-state index in [1.165, 1.54) is 37.4 Å². The topological polar surface area (TPSA) is 263 Å². The summed E-state index contributed by atoms with van der Waals surface area (Å²) >= 11 is 0. The molecule has 0 aliphatic carbocycles. The number of carboxylic acids is 1. The van der Waals surface area contributed by atoms with Gasteiger partial charge in [-0.05, 0) is 87.9 Å². The van der Waals surface area contributed by atoms with Gasteiger partial charge < -0.3 is 38.5 Å². The second-order valence-corrected chi connectivity index (χ2v) is 20.0. The highest BCUT2D eigenvalue weighted by molar-refractivity contribution is 7.86. The van der Waals surface area contributed by atoms with Crippen molar-refractivity contribution in [3.63, 3.8) is 0 Å². The summed E-state index contributed by atoms with van der Waals surface area (Å²) in [5, 5.41) is 11.9. The van der Waals surface area contributed by atoms with Crippen molar-refractivity contribution in [3.05, 3.63) is 95.8 Å². The lowest BCUT2D eigenvalue weighted by atomic mass is 9.76. The maximum absolute atomic E-state index is 12.8. The van der Waals surface area contributed by atoms with Crippen LogP contribution in [-0.4, -0.2) is 119 Å². The van der Waals surface area contributed by atoms with Gasteiger partial charge in [0.05, 0.1) is 38.5 Å². The van der Waals surface area contributed by atoms with Gasteiger partial charge in [-0.3, -0.25) is 9.59 Å². The number of ether oxygens (including phenoxy) is 2. The van der Waals surface area contributed by atoms with E-state index >= 15 is 0 Å². The fourth-order valence-electron chi connectivity index (χ4n) is 8.12. The molecule has 2 aliphatic rings. The number of methoxy groups -OCH3 is 2. The van der Waals surface area contributed by atoms with Crippen molar-refractivity contribution >= 4 is 59.3 Å². The molecule has 346 valence electrons. The Bertz CT molecular complexity index is 2500. The molecule has 0 aromatic heterocycles. The van der Waals surface area contributed by atoms with Gasteiger partial charge >= 0.3 is 5.97 Å². The zero-order valence-electron chi connectivity index (χ0n) is 35.8. The monoisotopic (exact) mass is 933 g/mol. The predicted octanol–water partition coefficient (Wildman–Crippen LogP) is 4.34. The van der Waals surface area contributed by atoms with E-state index in [1.807, 2.05) is 22.5 Å². The van der Waals surface area contributed by atoms with Crippen LogP contribution in [0.5, 0.6) is 0 Å². The number of carbonyl (C=O) groups is 2. The molecule has 0 bridgehead atoms. The molecule has 0 fully saturated rings. The first kappa shape index (κ1) is 51.1. The number of rotatable bonds is 25. The normalized spacial score (nSPS) is 19.9. The van der Waals surface area contributed by atoms with E-state index in [0.717, 1.165) is 5.70 Å². The smallest absolute Gasteiger partial charge is 0.303 e. The van der Waals surface area contributed by atoms with E-state index in [2.05, 4.69) is 5.32 Å². The number of allylic oxidation sites excluding steroid dienone is 8. The van der Waals surface area contributed by atoms with Crippen LogP contribution in [0.2, 0.25) is 0 Å². The maximum atomic E-state index is 12.8. The van der Waals surface area contributed by atoms with Crippen LogP contribution in [0, 0.1) is 0 Å². The second-order valence-electron chi connectivity index (χ2n) is 15.7. The minimum absolute atomic E-state index is 0.00925. The van der Waals surface area contributed by atoms with Crippen LogP contribution in [0.15, 0.2) is 94.4 Å². The second kappa shape index (κ2) is 21.9. The molecule has 20 heteroatoms. The number of carboxylic acid groups (broad SMARTS) is 1. The SMILES string of the molecule is COCCNC(=O)CCC1(C)\C(=C/C=C/C=C/C=C/C2=[N+](CCCCCC(=O)O)c3ccc(S(=O)(=O)[O-])cc3C2(C)CCCS(=O)(=O)[O-])N(CCOC)c2ccc(S(=O)(=O)[O-])cc21. The lowest BCUT2D eigenvalue weighted by molar-refractivity contribution is -0.438. The molecule has 2 unspecified atom stereocenters. The van der Waals surface area contributed by atoms with Crippen molar-refractivity contribution in [3.8, 4) is 0 Å². The van der Waals surface area contributed by atoms with Gasteiger partial charge in [0.15, 0.2) is 5.71 Å². The van der Waals surface area contributed by atoms with Crippen LogP contribution < -0.4 is 10.2 Å². The van der Waals surface area contributed by atoms with E-state index in [1.54, 1.807) is 56.6 Å². The molecule has 1 amide bonds. The maximum Gasteiger partial charge on any atom is 0.303 e. The summed E-state index contributed by atoms with van der Waals surface area (Å²) in [5.41, 5.74) is 1.72. The first-order chi connectivity index (χ1) is 29.6. The third-order valence-corrected chi connectivity index (χ3v) is 13.7. The van der Waals surface area contributed by atoms with Crippen LogP contribution >= 0.6 is 0 Å². The minimum Gasteiger partial charge on any atom is -0.748 e. The molecule has 2 aliphatic heterocycles. The van der Waals surface area contributed by atoms with Gasteiger partial charge in [-0.15, -0.1) is 0 Å². The van der Waals surface area contributed by atoms with Crippen molar-refractivity contribution in [2.24, 2.45) is 0 Å². The van der Waals surface area contributed by atoms with E-state index in [9.17, 15) is 48.5 Å². The van der Waals surface area contributed by atoms with Crippen LogP contribution in [0.25, 0.3) is 0 Å². The first-order valence-corrected chi connectivity index (χ1v) is 24.7. The molecule has 63 heavy (non-hydrogen) atoms. The van der Waals surface area contributed by atoms with Gasteiger partial charge in [0.2, 0.25) is 11.6 Å². The number of unbranched alkanes of at least 4 members (excludes halogenated alkanes) is 2. The Morgan fingerprint density at radius 1 is 0.778 bits per heavy atom. The Balaban J connectivity index is 1.72. The number of hydrogen-bond acceptors (Lipinski definition) is 14. The number of carbonyl (C=O) groups excluding carboxylic acids is 1. The van der Waals surface area contributed by atoms with Gasteiger partial charge in [0.1, 0.15) is 26.8 Å². The summed E-state index contributed by atoms with van der Waals surface area (Å²) in [4.78, 5) is 25.1. The number of nitrogens with zero attached hydrogens (tertiary/aromatic N) is 2. The van der Waals surface area contributed by atoms with E-state index < -0.39 is 62.7 Å². The number of benzene rings is 2. The zero-order chi connectivity index (χ0) is 46.6. The van der Waals surface area contributed by atoms with Gasteiger partial charge in [-0.2, -0.15) is 4.58 Å². The Hall–Kier alpha value is -4.54. The molecule has 2 aromatic carbocycles. The summed E-state index contributed by atoms with van der Waals surface area (Å²) in [6, 6.07) is 8.21. The van der Waals surface area contributed by atoms with Crippen molar-refractivity contribution in [2.75, 3.05) is 57.7 Å². The number of fused-ring (bicyclic) bond motifs is 2. The highest BCUT2D eigenvalue weighted by atomic mass is 32.2. The number of anilines is 1. The Morgan fingerprint density at radius 3 is 2.05 bits per heavy atom. The average Bonchev–Trinajstić information content (AvgIpc) is 3.57. The molecule has 0 saturated heterocycles. The minimum atomic E-state index is -4.86. The highest BCUT2D eigenvalue weighted by Gasteiger charge is 2.48. The van der Waals surface area contributed by atoms with Crippen LogP contribution in [0.4, 0.5) is 11.4 Å². The Morgan fingerprint density at radius 2 is 1.41 bits per heavy atom. The largest absolute Gasteiger partial charge is 0.748 e. The third kappa shape index (κ3) is 13.5. The molecule has 2 atom stereocenters. The summed E-state index contributed by atoms with van der Waals surface area (Å²) in [7, 11) is -11.2. The number of nitrogens with one attached hydrogen (secondary N) is 1. The van der Waals surface area contributed by atoms with E-state index in [4.69, 9.17) is 14.6 Å². The summed E-state index contributed by atoms with van der Waals surface area (Å²) in [6.45, 7) is 5.38. The number of hydrogen-bond donors (Lipinski definition) is 2. The summed E-state index contributed by atoms with van der Waals surface area (Å²) in [6.07, 6.45) is 14.3. The molecular weight excluding hydrogens is 879 g/mol. The third-order valence-electron chi connectivity index (χ3n) is 11.3. The lowest BCUT2D eigenvalue weighted by Gasteiger charge is -2.30. The highest BCUT2D eigenvalue weighted by Crippen LogP contribution is 2.51. The van der Waals surface area contributed by atoms with Crippen LogP contribution in [0.1, 0.15) is 76.3 Å². The molecule has 2 N–H and O–H groups in total. The quantitative estimate of drug-likeness (QED) is 0.0607.